The van der Waals surface area contributed by atoms with Crippen LogP contribution in [0.5, 0.6) is 5.75 Å². The van der Waals surface area contributed by atoms with Crippen molar-refractivity contribution in [3.8, 4) is 5.75 Å². The highest BCUT2D eigenvalue weighted by molar-refractivity contribution is 8.00. The van der Waals surface area contributed by atoms with Gasteiger partial charge in [-0.2, -0.15) is 13.2 Å². The highest BCUT2D eigenvalue weighted by atomic mass is 32.2. The van der Waals surface area contributed by atoms with Gasteiger partial charge in [-0.3, -0.25) is 4.79 Å². The van der Waals surface area contributed by atoms with E-state index in [0.717, 1.165) is 16.7 Å². The fourth-order valence-corrected chi connectivity index (χ4v) is 3.63. The van der Waals surface area contributed by atoms with Gasteiger partial charge in [0.05, 0.1) is 0 Å². The van der Waals surface area contributed by atoms with Gasteiger partial charge in [0.1, 0.15) is 12.4 Å². The Bertz CT molecular complexity index is 995. The Balaban J connectivity index is 1.51. The van der Waals surface area contributed by atoms with Gasteiger partial charge in [-0.1, -0.05) is 54.6 Å². The van der Waals surface area contributed by atoms with E-state index in [0.29, 0.717) is 12.3 Å². The van der Waals surface area contributed by atoms with Crippen molar-refractivity contribution in [2.45, 2.75) is 36.0 Å². The fraction of sp³-hybridized carbons (Fsp3) is 0.208. The van der Waals surface area contributed by atoms with Gasteiger partial charge in [0, 0.05) is 23.9 Å². The van der Waals surface area contributed by atoms with E-state index in [1.54, 1.807) is 12.1 Å². The zero-order chi connectivity index (χ0) is 23.0. The zero-order valence-corrected chi connectivity index (χ0v) is 18.0. The first kappa shape index (κ1) is 23.7. The summed E-state index contributed by atoms with van der Waals surface area (Å²) in [5, 5.41) is 3.36. The number of halogens is 3. The maximum Gasteiger partial charge on any atom is 0.446 e. The molecule has 4 nitrogen and oxygen atoms in total. The summed E-state index contributed by atoms with van der Waals surface area (Å²) in [5.74, 6) is 0.277. The lowest BCUT2D eigenvalue weighted by molar-refractivity contribution is -0.118. The molecular formula is C24H23F3N2O2S. The van der Waals surface area contributed by atoms with Gasteiger partial charge in [-0.25, -0.2) is 0 Å². The summed E-state index contributed by atoms with van der Waals surface area (Å²) in [4.78, 5) is 11.6. The number of benzene rings is 3. The van der Waals surface area contributed by atoms with E-state index < -0.39 is 5.51 Å². The first-order chi connectivity index (χ1) is 15.3. The van der Waals surface area contributed by atoms with E-state index in [1.807, 2.05) is 54.6 Å². The summed E-state index contributed by atoms with van der Waals surface area (Å²) < 4.78 is 42.9. The molecule has 0 aliphatic rings. The molecule has 3 aromatic rings. The van der Waals surface area contributed by atoms with E-state index in [-0.39, 0.29) is 41.6 Å². The Morgan fingerprint density at radius 1 is 0.938 bits per heavy atom. The predicted octanol–water partition coefficient (Wildman–Crippen LogP) is 5.58. The van der Waals surface area contributed by atoms with Crippen molar-refractivity contribution in [2.24, 2.45) is 5.73 Å². The van der Waals surface area contributed by atoms with Crippen LogP contribution in [0, 0.1) is 0 Å². The molecular weight excluding hydrogens is 437 g/mol. The molecule has 8 heteroatoms. The monoisotopic (exact) mass is 460 g/mol. The molecule has 0 saturated carbocycles. The van der Waals surface area contributed by atoms with Gasteiger partial charge in [0.15, 0.2) is 0 Å². The van der Waals surface area contributed by atoms with Gasteiger partial charge in [-0.05, 0) is 52.7 Å². The van der Waals surface area contributed by atoms with Gasteiger partial charge < -0.3 is 15.8 Å². The normalized spacial score (nSPS) is 12.3. The number of primary amides is 1. The standard InChI is InChI=1S/C24H23F3N2O2S/c25-24(26,27)32-21-12-8-18(9-13-21)16-31-20-10-6-17(7-11-20)15-29-22(14-23(28)30)19-4-2-1-3-5-19/h1-13,22,29H,14-16H2,(H2,28,30). The Hall–Kier alpha value is -2.97. The highest BCUT2D eigenvalue weighted by Gasteiger charge is 2.29. The van der Waals surface area contributed by atoms with Gasteiger partial charge in [0.2, 0.25) is 5.91 Å². The Kier molecular flexibility index (Phi) is 8.19. The van der Waals surface area contributed by atoms with Crippen LogP contribution in [-0.4, -0.2) is 11.4 Å². The number of thioether (sulfide) groups is 1. The second-order valence-electron chi connectivity index (χ2n) is 7.14. The van der Waals surface area contributed by atoms with Crippen LogP contribution in [0.3, 0.4) is 0 Å². The predicted molar refractivity (Wildman–Crippen MR) is 119 cm³/mol. The largest absolute Gasteiger partial charge is 0.489 e. The van der Waals surface area contributed by atoms with Crippen molar-refractivity contribution in [2.75, 3.05) is 0 Å². The lowest BCUT2D eigenvalue weighted by Crippen LogP contribution is -2.26. The quantitative estimate of drug-likeness (QED) is 0.388. The molecule has 1 atom stereocenters. The number of rotatable bonds is 10. The van der Waals surface area contributed by atoms with Gasteiger partial charge >= 0.3 is 5.51 Å². The molecule has 0 saturated heterocycles. The van der Waals surface area contributed by atoms with Crippen LogP contribution in [0.4, 0.5) is 13.2 Å². The molecule has 32 heavy (non-hydrogen) atoms. The minimum Gasteiger partial charge on any atom is -0.489 e. The van der Waals surface area contributed by atoms with Crippen LogP contribution in [0.15, 0.2) is 83.8 Å². The third-order valence-corrected chi connectivity index (χ3v) is 5.38. The van der Waals surface area contributed by atoms with E-state index in [1.165, 1.54) is 12.1 Å². The smallest absolute Gasteiger partial charge is 0.446 e. The molecule has 1 unspecified atom stereocenters. The Labute approximate surface area is 189 Å². The summed E-state index contributed by atoms with van der Waals surface area (Å²) in [6.07, 6.45) is 0.200. The van der Waals surface area contributed by atoms with Crippen LogP contribution < -0.4 is 15.8 Å². The molecule has 0 heterocycles. The average molecular weight is 461 g/mol. The van der Waals surface area contributed by atoms with E-state index in [4.69, 9.17) is 10.5 Å². The number of carbonyl (C=O) groups excluding carboxylic acids is 1. The molecule has 3 aromatic carbocycles. The summed E-state index contributed by atoms with van der Waals surface area (Å²) in [7, 11) is 0. The number of carbonyl (C=O) groups is 1. The first-order valence-electron chi connectivity index (χ1n) is 9.91. The van der Waals surface area contributed by atoms with Crippen molar-refractivity contribution < 1.29 is 22.7 Å². The summed E-state index contributed by atoms with van der Waals surface area (Å²) >= 11 is -0.139. The minimum atomic E-state index is -4.30. The van der Waals surface area contributed by atoms with Crippen LogP contribution in [0.1, 0.15) is 29.2 Å². The fourth-order valence-electron chi connectivity index (χ4n) is 3.09. The van der Waals surface area contributed by atoms with Crippen LogP contribution in [0.2, 0.25) is 0 Å². The van der Waals surface area contributed by atoms with E-state index >= 15 is 0 Å². The molecule has 0 spiro atoms. The van der Waals surface area contributed by atoms with E-state index in [9.17, 15) is 18.0 Å². The Morgan fingerprint density at radius 3 is 2.16 bits per heavy atom. The third kappa shape index (κ3) is 7.94. The lowest BCUT2D eigenvalue weighted by Gasteiger charge is -2.18. The number of alkyl halides is 3. The molecule has 0 radical (unpaired) electrons. The maximum atomic E-state index is 12.4. The number of nitrogens with one attached hydrogen (secondary N) is 1. The highest BCUT2D eigenvalue weighted by Crippen LogP contribution is 2.36. The molecule has 0 fully saturated rings. The van der Waals surface area contributed by atoms with Crippen molar-refractivity contribution >= 4 is 17.7 Å². The van der Waals surface area contributed by atoms with Crippen molar-refractivity contribution in [3.05, 3.63) is 95.6 Å². The number of hydrogen-bond acceptors (Lipinski definition) is 4. The van der Waals surface area contributed by atoms with Crippen molar-refractivity contribution in [1.29, 1.82) is 0 Å². The molecule has 168 valence electrons. The number of ether oxygens (including phenoxy) is 1. The summed E-state index contributed by atoms with van der Waals surface area (Å²) in [6, 6.07) is 23.1. The lowest BCUT2D eigenvalue weighted by atomic mass is 10.0. The van der Waals surface area contributed by atoms with Crippen molar-refractivity contribution in [1.82, 2.24) is 5.32 Å². The van der Waals surface area contributed by atoms with Crippen LogP contribution >= 0.6 is 11.8 Å². The Morgan fingerprint density at radius 2 is 1.56 bits per heavy atom. The van der Waals surface area contributed by atoms with Crippen molar-refractivity contribution in [3.63, 3.8) is 0 Å². The summed E-state index contributed by atoms with van der Waals surface area (Å²) in [5.41, 5.74) is 3.87. The second kappa shape index (κ2) is 11.1. The molecule has 0 aliphatic heterocycles. The van der Waals surface area contributed by atoms with E-state index in [2.05, 4.69) is 5.32 Å². The molecule has 0 aliphatic carbocycles. The number of amides is 1. The molecule has 3 N–H and O–H groups in total. The zero-order valence-electron chi connectivity index (χ0n) is 17.1. The average Bonchev–Trinajstić information content (AvgIpc) is 2.76. The first-order valence-corrected chi connectivity index (χ1v) is 10.7. The SMILES string of the molecule is NC(=O)CC(NCc1ccc(OCc2ccc(SC(F)(F)F)cc2)cc1)c1ccccc1. The minimum absolute atomic E-state index is 0.139. The topological polar surface area (TPSA) is 64.4 Å². The van der Waals surface area contributed by atoms with Gasteiger partial charge in [-0.15, -0.1) is 0 Å². The number of hydrogen-bond donors (Lipinski definition) is 2. The van der Waals surface area contributed by atoms with Gasteiger partial charge in [0.25, 0.3) is 0 Å². The third-order valence-electron chi connectivity index (χ3n) is 4.65. The number of nitrogens with two attached hydrogens (primary N) is 1. The summed E-state index contributed by atoms with van der Waals surface area (Å²) in [6.45, 7) is 0.800. The van der Waals surface area contributed by atoms with Crippen LogP contribution in [-0.2, 0) is 17.9 Å². The molecule has 1 amide bonds. The molecule has 0 bridgehead atoms. The molecule has 3 rings (SSSR count). The second-order valence-corrected chi connectivity index (χ2v) is 8.28. The maximum absolute atomic E-state index is 12.4. The molecule has 0 aromatic heterocycles. The van der Waals surface area contributed by atoms with Crippen LogP contribution in [0.25, 0.3) is 0 Å².